The standard InChI is InChI=1S/C25H17F2IN3O6PS2/c26-22-11-20(3-1-16(22)13-29)36-38(32,37-21-4-2-17(14-30)23(27)12-21)15-31-40(33,34)25-10-18-9-19(35-8-7-28)5-6-24(18)39-25/h1-6,9-12,31H,7-8,15H2. The molecule has 1 heterocycles. The van der Waals surface area contributed by atoms with Crippen molar-refractivity contribution >= 4 is 61.6 Å². The van der Waals surface area contributed by atoms with Crippen LogP contribution >= 0.6 is 41.5 Å². The van der Waals surface area contributed by atoms with Gasteiger partial charge in [-0.1, -0.05) is 22.6 Å². The van der Waals surface area contributed by atoms with Gasteiger partial charge in [0.15, 0.2) is 0 Å². The van der Waals surface area contributed by atoms with Crippen LogP contribution in [-0.2, 0) is 14.6 Å². The number of fused-ring (bicyclic) bond motifs is 1. The van der Waals surface area contributed by atoms with Crippen LogP contribution in [0.1, 0.15) is 11.1 Å². The van der Waals surface area contributed by atoms with E-state index in [0.717, 1.165) is 52.2 Å². The third-order valence-electron chi connectivity index (χ3n) is 5.14. The highest BCUT2D eigenvalue weighted by atomic mass is 127. The van der Waals surface area contributed by atoms with E-state index in [-0.39, 0.29) is 26.8 Å². The van der Waals surface area contributed by atoms with Crippen molar-refractivity contribution < 1.29 is 35.5 Å². The van der Waals surface area contributed by atoms with E-state index in [1.807, 2.05) is 0 Å². The molecule has 3 aromatic carbocycles. The summed E-state index contributed by atoms with van der Waals surface area (Å²) in [6.07, 6.45) is -0.920. The van der Waals surface area contributed by atoms with E-state index in [4.69, 9.17) is 24.3 Å². The number of hydrogen-bond acceptors (Lipinski definition) is 9. The Kier molecular flexibility index (Phi) is 9.28. The number of alkyl halides is 1. The summed E-state index contributed by atoms with van der Waals surface area (Å²) in [5, 5.41) is 18.5. The first-order valence-corrected chi connectivity index (χ1v) is 16.7. The van der Waals surface area contributed by atoms with Gasteiger partial charge in [0.2, 0.25) is 0 Å². The maximum atomic E-state index is 14.2. The molecule has 0 fully saturated rings. The number of benzene rings is 3. The van der Waals surface area contributed by atoms with Gasteiger partial charge in [0.1, 0.15) is 51.5 Å². The molecule has 0 atom stereocenters. The maximum absolute atomic E-state index is 14.2. The van der Waals surface area contributed by atoms with Crippen LogP contribution in [0.15, 0.2) is 64.9 Å². The van der Waals surface area contributed by atoms with Crippen molar-refractivity contribution in [1.29, 1.82) is 10.5 Å². The molecule has 0 saturated heterocycles. The van der Waals surface area contributed by atoms with Gasteiger partial charge in [-0.15, -0.1) is 11.3 Å². The minimum Gasteiger partial charge on any atom is -0.493 e. The second-order valence-electron chi connectivity index (χ2n) is 7.91. The quantitative estimate of drug-likeness (QED) is 0.108. The third kappa shape index (κ3) is 7.08. The lowest BCUT2D eigenvalue weighted by molar-refractivity contribution is 0.347. The second-order valence-corrected chi connectivity index (χ2v) is 14.0. The lowest BCUT2D eigenvalue weighted by atomic mass is 10.2. The number of ether oxygens (including phenoxy) is 1. The van der Waals surface area contributed by atoms with Crippen LogP contribution in [0.4, 0.5) is 8.78 Å². The van der Waals surface area contributed by atoms with Crippen LogP contribution in [0.3, 0.4) is 0 Å². The molecule has 1 N–H and O–H groups in total. The number of nitriles is 2. The van der Waals surface area contributed by atoms with E-state index in [0.29, 0.717) is 22.4 Å². The van der Waals surface area contributed by atoms with Gasteiger partial charge < -0.3 is 13.8 Å². The molecule has 1 aromatic heterocycles. The van der Waals surface area contributed by atoms with Crippen LogP contribution < -0.4 is 18.5 Å². The van der Waals surface area contributed by atoms with Crippen LogP contribution in [0, 0.1) is 34.3 Å². The molecule has 0 unspecified atom stereocenters. The van der Waals surface area contributed by atoms with E-state index in [1.54, 1.807) is 30.3 Å². The van der Waals surface area contributed by atoms with E-state index in [1.165, 1.54) is 6.07 Å². The van der Waals surface area contributed by atoms with Crippen molar-refractivity contribution in [3.05, 3.63) is 83.4 Å². The topological polar surface area (TPSA) is 139 Å². The molecular weight excluding hydrogens is 698 g/mol. The van der Waals surface area contributed by atoms with Crippen LogP contribution in [0.2, 0.25) is 0 Å². The summed E-state index contributed by atoms with van der Waals surface area (Å²) >= 11 is 3.14. The Balaban J connectivity index is 1.61. The Morgan fingerprint density at radius 3 is 2.00 bits per heavy atom. The minimum absolute atomic E-state index is 0.0890. The van der Waals surface area contributed by atoms with Crippen molar-refractivity contribution in [3.63, 3.8) is 0 Å². The van der Waals surface area contributed by atoms with Gasteiger partial charge in [-0.3, -0.25) is 0 Å². The van der Waals surface area contributed by atoms with Crippen molar-refractivity contribution in [2.45, 2.75) is 4.21 Å². The molecule has 206 valence electrons. The summed E-state index contributed by atoms with van der Waals surface area (Å²) in [6.45, 7) is 0.491. The molecule has 0 radical (unpaired) electrons. The molecule has 0 saturated carbocycles. The zero-order valence-corrected chi connectivity index (χ0v) is 24.8. The first kappa shape index (κ1) is 29.7. The lowest BCUT2D eigenvalue weighted by Crippen LogP contribution is -2.26. The maximum Gasteiger partial charge on any atom is 0.445 e. The third-order valence-corrected chi connectivity index (χ3v) is 10.3. The Labute approximate surface area is 245 Å². The van der Waals surface area contributed by atoms with Crippen molar-refractivity contribution in [2.75, 3.05) is 17.3 Å². The van der Waals surface area contributed by atoms with Gasteiger partial charge in [-0.2, -0.15) is 15.2 Å². The molecule has 0 aliphatic carbocycles. The smallest absolute Gasteiger partial charge is 0.445 e. The average Bonchev–Trinajstić information content (AvgIpc) is 3.36. The number of halogens is 3. The van der Waals surface area contributed by atoms with Gasteiger partial charge >= 0.3 is 7.60 Å². The predicted octanol–water partition coefficient (Wildman–Crippen LogP) is 6.32. The fraction of sp³-hybridized carbons (Fsp3) is 0.120. The van der Waals surface area contributed by atoms with E-state index in [2.05, 4.69) is 27.3 Å². The summed E-state index contributed by atoms with van der Waals surface area (Å²) in [4.78, 5) is 0. The summed E-state index contributed by atoms with van der Waals surface area (Å²) < 4.78 is 88.2. The largest absolute Gasteiger partial charge is 0.493 e. The highest BCUT2D eigenvalue weighted by Gasteiger charge is 2.32. The number of hydrogen-bond donors (Lipinski definition) is 1. The van der Waals surface area contributed by atoms with Crippen LogP contribution in [0.5, 0.6) is 17.2 Å². The Hall–Kier alpha value is -3.27. The fourth-order valence-corrected chi connectivity index (χ4v) is 7.95. The fourth-order valence-electron chi connectivity index (χ4n) is 3.30. The zero-order chi connectivity index (χ0) is 28.9. The highest BCUT2D eigenvalue weighted by molar-refractivity contribution is 14.1. The van der Waals surface area contributed by atoms with E-state index < -0.39 is 35.5 Å². The first-order valence-electron chi connectivity index (χ1n) is 11.2. The number of sulfonamides is 1. The Bertz CT molecular complexity index is 1750. The highest BCUT2D eigenvalue weighted by Crippen LogP contribution is 2.48. The zero-order valence-electron chi connectivity index (χ0n) is 20.1. The average molecular weight is 715 g/mol. The van der Waals surface area contributed by atoms with Crippen molar-refractivity contribution in [1.82, 2.24) is 4.72 Å². The second kappa shape index (κ2) is 12.5. The summed E-state index contributed by atoms with van der Waals surface area (Å²) in [5.41, 5.74) is -0.601. The minimum atomic E-state index is -4.53. The van der Waals surface area contributed by atoms with Gasteiger partial charge in [0.25, 0.3) is 10.0 Å². The predicted molar refractivity (Wildman–Crippen MR) is 152 cm³/mol. The van der Waals surface area contributed by atoms with Crippen LogP contribution in [0.25, 0.3) is 10.1 Å². The number of nitrogens with zero attached hydrogens (tertiary/aromatic N) is 2. The van der Waals surface area contributed by atoms with Gasteiger partial charge in [-0.05, 0) is 53.9 Å². The van der Waals surface area contributed by atoms with Gasteiger partial charge in [0, 0.05) is 21.3 Å². The molecule has 4 aromatic rings. The molecule has 0 aliphatic rings. The normalized spacial score (nSPS) is 11.5. The van der Waals surface area contributed by atoms with E-state index in [9.17, 15) is 21.8 Å². The first-order chi connectivity index (χ1) is 19.1. The molecule has 0 bridgehead atoms. The summed E-state index contributed by atoms with van der Waals surface area (Å²) in [7, 11) is -8.77. The molecule has 4 rings (SSSR count). The molecule has 15 heteroatoms. The number of rotatable bonds is 11. The summed E-state index contributed by atoms with van der Waals surface area (Å²) in [5.74, 6) is -2.01. The molecule has 0 aliphatic heterocycles. The van der Waals surface area contributed by atoms with E-state index >= 15 is 0 Å². The van der Waals surface area contributed by atoms with Gasteiger partial charge in [0.05, 0.1) is 17.7 Å². The molecule has 0 amide bonds. The lowest BCUT2D eigenvalue weighted by Gasteiger charge is -2.20. The Morgan fingerprint density at radius 1 is 0.900 bits per heavy atom. The molecule has 0 spiro atoms. The van der Waals surface area contributed by atoms with Gasteiger partial charge in [-0.25, -0.2) is 21.8 Å². The van der Waals surface area contributed by atoms with Crippen molar-refractivity contribution in [2.24, 2.45) is 0 Å². The Morgan fingerprint density at radius 2 is 1.48 bits per heavy atom. The molecular formula is C25H17F2IN3O6PS2. The van der Waals surface area contributed by atoms with Crippen molar-refractivity contribution in [3.8, 4) is 29.4 Å². The molecule has 40 heavy (non-hydrogen) atoms. The SMILES string of the molecule is N#Cc1ccc(OP(=O)(CNS(=O)(=O)c2cc3cc(OCCI)ccc3s2)Oc2ccc(C#N)c(F)c2)cc1F. The monoisotopic (exact) mass is 715 g/mol. The summed E-state index contributed by atoms with van der Waals surface area (Å²) in [6, 6.07) is 15.9. The number of nitrogens with one attached hydrogen (secondary N) is 1. The van der Waals surface area contributed by atoms with Crippen LogP contribution in [-0.4, -0.2) is 25.7 Å². The number of thiophene rings is 1. The molecule has 9 nitrogen and oxygen atoms in total.